The number of halogens is 1. The van der Waals surface area contributed by atoms with Gasteiger partial charge in [-0.15, -0.1) is 0 Å². The molecule has 1 aromatic carbocycles. The molecule has 25 heavy (non-hydrogen) atoms. The summed E-state index contributed by atoms with van der Waals surface area (Å²) in [5.41, 5.74) is 0.707. The van der Waals surface area contributed by atoms with Crippen molar-refractivity contribution < 1.29 is 9.53 Å². The van der Waals surface area contributed by atoms with Crippen LogP contribution >= 0.6 is 11.6 Å². The molecule has 2 aromatic rings. The normalized spacial score (nSPS) is 16.8. The number of carbonyl (C=O) groups is 1. The van der Waals surface area contributed by atoms with Gasteiger partial charge >= 0.3 is 6.03 Å². The van der Waals surface area contributed by atoms with Gasteiger partial charge in [0.2, 0.25) is 5.69 Å². The van der Waals surface area contributed by atoms with E-state index in [1.165, 1.54) is 12.4 Å². The second-order valence-corrected chi connectivity index (χ2v) is 5.97. The van der Waals surface area contributed by atoms with Gasteiger partial charge in [0.1, 0.15) is 12.2 Å². The predicted octanol–water partition coefficient (Wildman–Crippen LogP) is 3.08. The van der Waals surface area contributed by atoms with E-state index in [-0.39, 0.29) is 23.7 Å². The first-order valence-corrected chi connectivity index (χ1v) is 8.23. The van der Waals surface area contributed by atoms with Crippen LogP contribution in [0.15, 0.2) is 36.7 Å². The van der Waals surface area contributed by atoms with Crippen LogP contribution in [0.4, 0.5) is 10.5 Å². The standard InChI is InChI=1S/C17H16ClN5O2/c18-13-5-1-2-6-14(13)22-17(24)23-9-3-4-12(11-23)25-16-15(10-19)20-7-8-21-16/h1-2,5-8,12H,3-4,9,11H2,(H,22,24). The number of likely N-dealkylation sites (tertiary alicyclic amines) is 1. The number of anilines is 1. The number of nitrogens with one attached hydrogen (secondary N) is 1. The Balaban J connectivity index is 1.64. The number of aromatic nitrogens is 2. The van der Waals surface area contributed by atoms with Gasteiger partial charge in [-0.3, -0.25) is 0 Å². The fourth-order valence-electron chi connectivity index (χ4n) is 2.62. The molecule has 1 saturated heterocycles. The third kappa shape index (κ3) is 4.17. The number of rotatable bonds is 3. The number of amides is 2. The lowest BCUT2D eigenvalue weighted by Crippen LogP contribution is -2.46. The van der Waals surface area contributed by atoms with Crippen molar-refractivity contribution in [1.29, 1.82) is 5.26 Å². The Hall–Kier alpha value is -2.85. The molecular formula is C17H16ClN5O2. The molecule has 1 aromatic heterocycles. The van der Waals surface area contributed by atoms with E-state index in [1.807, 2.05) is 6.07 Å². The Bertz CT molecular complexity index is 808. The van der Waals surface area contributed by atoms with Gasteiger partial charge in [0.15, 0.2) is 0 Å². The zero-order chi connectivity index (χ0) is 17.6. The molecule has 1 N–H and O–H groups in total. The van der Waals surface area contributed by atoms with Crippen molar-refractivity contribution >= 4 is 23.3 Å². The highest BCUT2D eigenvalue weighted by molar-refractivity contribution is 6.33. The summed E-state index contributed by atoms with van der Waals surface area (Å²) in [5.74, 6) is 0.198. The number of benzene rings is 1. The minimum absolute atomic E-state index is 0.139. The summed E-state index contributed by atoms with van der Waals surface area (Å²) in [7, 11) is 0. The number of hydrogen-bond acceptors (Lipinski definition) is 5. The molecule has 0 bridgehead atoms. The van der Waals surface area contributed by atoms with Crippen LogP contribution in [0, 0.1) is 11.3 Å². The number of ether oxygens (including phenoxy) is 1. The molecule has 0 spiro atoms. The Labute approximate surface area is 150 Å². The number of carbonyl (C=O) groups excluding carboxylic acids is 1. The van der Waals surface area contributed by atoms with Crippen molar-refractivity contribution in [2.75, 3.05) is 18.4 Å². The van der Waals surface area contributed by atoms with Crippen LogP contribution in [-0.4, -0.2) is 40.1 Å². The molecule has 1 atom stereocenters. The zero-order valence-electron chi connectivity index (χ0n) is 13.4. The van der Waals surface area contributed by atoms with E-state index in [0.29, 0.717) is 23.8 Å². The van der Waals surface area contributed by atoms with E-state index >= 15 is 0 Å². The lowest BCUT2D eigenvalue weighted by Gasteiger charge is -2.32. The summed E-state index contributed by atoms with van der Waals surface area (Å²) in [5, 5.41) is 12.3. The third-order valence-electron chi connectivity index (χ3n) is 3.83. The fraction of sp³-hybridized carbons (Fsp3) is 0.294. The minimum atomic E-state index is -0.241. The first-order chi connectivity index (χ1) is 12.2. The van der Waals surface area contributed by atoms with Gasteiger partial charge in [-0.1, -0.05) is 23.7 Å². The Morgan fingerprint density at radius 2 is 2.16 bits per heavy atom. The topological polar surface area (TPSA) is 91.1 Å². The highest BCUT2D eigenvalue weighted by Crippen LogP contribution is 2.22. The average molecular weight is 358 g/mol. The zero-order valence-corrected chi connectivity index (χ0v) is 14.1. The van der Waals surface area contributed by atoms with Crippen LogP contribution in [-0.2, 0) is 0 Å². The number of urea groups is 1. The number of nitrogens with zero attached hydrogens (tertiary/aromatic N) is 4. The van der Waals surface area contributed by atoms with Crippen molar-refractivity contribution in [3.63, 3.8) is 0 Å². The van der Waals surface area contributed by atoms with Crippen LogP contribution in [0.25, 0.3) is 0 Å². The summed E-state index contributed by atoms with van der Waals surface area (Å²) < 4.78 is 5.79. The summed E-state index contributed by atoms with van der Waals surface area (Å²) >= 11 is 6.07. The highest BCUT2D eigenvalue weighted by atomic mass is 35.5. The molecule has 2 amide bonds. The maximum absolute atomic E-state index is 12.5. The number of para-hydroxylation sites is 1. The van der Waals surface area contributed by atoms with E-state index in [9.17, 15) is 4.79 Å². The SMILES string of the molecule is N#Cc1nccnc1OC1CCCN(C(=O)Nc2ccccc2Cl)C1. The van der Waals surface area contributed by atoms with Crippen LogP contribution < -0.4 is 10.1 Å². The van der Waals surface area contributed by atoms with Gasteiger partial charge in [0.05, 0.1) is 17.3 Å². The van der Waals surface area contributed by atoms with E-state index in [4.69, 9.17) is 21.6 Å². The van der Waals surface area contributed by atoms with Crippen LogP contribution in [0.5, 0.6) is 5.88 Å². The number of nitriles is 1. The van der Waals surface area contributed by atoms with Gasteiger partial charge in [-0.25, -0.2) is 14.8 Å². The van der Waals surface area contributed by atoms with E-state index in [2.05, 4.69) is 15.3 Å². The first-order valence-electron chi connectivity index (χ1n) is 7.85. The van der Waals surface area contributed by atoms with Crippen LogP contribution in [0.1, 0.15) is 18.5 Å². The highest BCUT2D eigenvalue weighted by Gasteiger charge is 2.26. The molecule has 128 valence electrons. The van der Waals surface area contributed by atoms with Gasteiger partial charge in [0.25, 0.3) is 5.88 Å². The molecule has 1 unspecified atom stereocenters. The summed E-state index contributed by atoms with van der Waals surface area (Å²) in [6, 6.07) is 8.79. The summed E-state index contributed by atoms with van der Waals surface area (Å²) in [6.07, 6.45) is 4.24. The Morgan fingerprint density at radius 3 is 2.96 bits per heavy atom. The van der Waals surface area contributed by atoms with Gasteiger partial charge in [0, 0.05) is 18.9 Å². The quantitative estimate of drug-likeness (QED) is 0.911. The predicted molar refractivity (Wildman–Crippen MR) is 92.4 cm³/mol. The van der Waals surface area contributed by atoms with E-state index < -0.39 is 0 Å². The van der Waals surface area contributed by atoms with Crippen LogP contribution in [0.3, 0.4) is 0 Å². The third-order valence-corrected chi connectivity index (χ3v) is 4.16. The van der Waals surface area contributed by atoms with Crippen molar-refractivity contribution in [2.45, 2.75) is 18.9 Å². The molecule has 8 heteroatoms. The molecule has 1 aliphatic rings. The van der Waals surface area contributed by atoms with Crippen molar-refractivity contribution in [3.8, 4) is 11.9 Å². The average Bonchev–Trinajstić information content (AvgIpc) is 2.64. The van der Waals surface area contributed by atoms with Crippen molar-refractivity contribution in [2.24, 2.45) is 0 Å². The Kier molecular flexibility index (Phi) is 5.31. The lowest BCUT2D eigenvalue weighted by atomic mass is 10.1. The van der Waals surface area contributed by atoms with E-state index in [1.54, 1.807) is 29.2 Å². The fourth-order valence-corrected chi connectivity index (χ4v) is 2.80. The minimum Gasteiger partial charge on any atom is -0.470 e. The number of hydrogen-bond donors (Lipinski definition) is 1. The molecule has 0 radical (unpaired) electrons. The van der Waals surface area contributed by atoms with Gasteiger partial charge in [-0.05, 0) is 25.0 Å². The maximum atomic E-state index is 12.5. The smallest absolute Gasteiger partial charge is 0.322 e. The largest absolute Gasteiger partial charge is 0.470 e. The molecule has 1 fully saturated rings. The van der Waals surface area contributed by atoms with Crippen LogP contribution in [0.2, 0.25) is 5.02 Å². The van der Waals surface area contributed by atoms with E-state index in [0.717, 1.165) is 12.8 Å². The Morgan fingerprint density at radius 1 is 1.36 bits per heavy atom. The number of piperidine rings is 1. The maximum Gasteiger partial charge on any atom is 0.322 e. The summed E-state index contributed by atoms with van der Waals surface area (Å²) in [6.45, 7) is 1.03. The lowest BCUT2D eigenvalue weighted by molar-refractivity contribution is 0.102. The summed E-state index contributed by atoms with van der Waals surface area (Å²) in [4.78, 5) is 22.1. The molecule has 0 saturated carbocycles. The molecule has 1 aliphatic heterocycles. The van der Waals surface area contributed by atoms with Crippen molar-refractivity contribution in [3.05, 3.63) is 47.4 Å². The van der Waals surface area contributed by atoms with Gasteiger partial charge in [-0.2, -0.15) is 5.26 Å². The van der Waals surface area contributed by atoms with Crippen molar-refractivity contribution in [1.82, 2.24) is 14.9 Å². The first kappa shape index (κ1) is 17.0. The monoisotopic (exact) mass is 357 g/mol. The second-order valence-electron chi connectivity index (χ2n) is 5.56. The van der Waals surface area contributed by atoms with Gasteiger partial charge < -0.3 is 15.0 Å². The molecular weight excluding hydrogens is 342 g/mol. The molecule has 7 nitrogen and oxygen atoms in total. The molecule has 0 aliphatic carbocycles. The molecule has 2 heterocycles. The molecule has 3 rings (SSSR count). The second kappa shape index (κ2) is 7.81.